The summed E-state index contributed by atoms with van der Waals surface area (Å²) >= 11 is 0. The van der Waals surface area contributed by atoms with E-state index in [4.69, 9.17) is 24.7 Å². The predicted molar refractivity (Wildman–Crippen MR) is 38.2 cm³/mol. The quantitative estimate of drug-likeness (QED) is 0.386. The van der Waals surface area contributed by atoms with Gasteiger partial charge in [-0.15, -0.1) is 0 Å². The molecule has 0 fully saturated rings. The van der Waals surface area contributed by atoms with Crippen LogP contribution in [0.5, 0.6) is 0 Å². The summed E-state index contributed by atoms with van der Waals surface area (Å²) in [5.41, 5.74) is 0. The van der Waals surface area contributed by atoms with Crippen LogP contribution in [0, 0.1) is 0 Å². The van der Waals surface area contributed by atoms with Crippen molar-refractivity contribution in [3.63, 3.8) is 0 Å². The van der Waals surface area contributed by atoms with Gasteiger partial charge < -0.3 is 15.3 Å². The van der Waals surface area contributed by atoms with Gasteiger partial charge in [-0.25, -0.2) is 4.79 Å². The highest BCUT2D eigenvalue weighted by atomic mass is 32.2. The Morgan fingerprint density at radius 1 is 1.25 bits per heavy atom. The molecule has 0 unspecified atom stereocenters. The van der Waals surface area contributed by atoms with Gasteiger partial charge in [-0.1, -0.05) is 0 Å². The summed E-state index contributed by atoms with van der Waals surface area (Å²) in [5, 5.41) is 22.9. The number of carboxylic acids is 1. The van der Waals surface area contributed by atoms with Crippen LogP contribution < -0.4 is 0 Å². The molecule has 0 aromatic heterocycles. The Kier molecular flexibility index (Phi) is 8.06. The van der Waals surface area contributed by atoms with Crippen LogP contribution in [0.25, 0.3) is 0 Å². The zero-order chi connectivity index (χ0) is 10.2. The van der Waals surface area contributed by atoms with Crippen molar-refractivity contribution in [1.82, 2.24) is 0 Å². The predicted octanol–water partition coefficient (Wildman–Crippen LogP) is -2.07. The maximum absolute atomic E-state index is 9.63. The van der Waals surface area contributed by atoms with E-state index in [-0.39, 0.29) is 0 Å². The van der Waals surface area contributed by atoms with E-state index < -0.39 is 35.1 Å². The minimum Gasteiger partial charge on any atom is -0.480 e. The molecule has 0 heterocycles. The minimum absolute atomic E-state index is 0.529. The van der Waals surface area contributed by atoms with Crippen molar-refractivity contribution in [3.8, 4) is 0 Å². The molecule has 0 aliphatic rings. The van der Waals surface area contributed by atoms with E-state index in [0.717, 1.165) is 0 Å². The number of hydrogen-bond donors (Lipinski definition) is 4. The first kappa shape index (κ1) is 13.9. The van der Waals surface area contributed by atoms with E-state index in [9.17, 15) is 8.42 Å². The summed E-state index contributed by atoms with van der Waals surface area (Å²) in [6, 6.07) is 0. The molecule has 0 amide bonds. The monoisotopic (exact) mass is 202 g/mol. The zero-order valence-corrected chi connectivity index (χ0v) is 6.86. The maximum atomic E-state index is 9.63. The molecule has 0 rings (SSSR count). The lowest BCUT2D eigenvalue weighted by molar-refractivity contribution is -0.140. The third kappa shape index (κ3) is 22.8. The Hall–Kier alpha value is -0.700. The van der Waals surface area contributed by atoms with Crippen LogP contribution >= 0.6 is 0 Å². The molecule has 0 aromatic carbocycles. The Balaban J connectivity index is 0. The van der Waals surface area contributed by atoms with Gasteiger partial charge >= 0.3 is 5.97 Å². The third-order valence-electron chi connectivity index (χ3n) is 0.485. The molecule has 0 spiro atoms. The fraction of sp³-hybridized carbons (Fsp3) is 0.750. The van der Waals surface area contributed by atoms with Crippen LogP contribution in [0.15, 0.2) is 0 Å². The van der Waals surface area contributed by atoms with E-state index in [1.165, 1.54) is 0 Å². The average Bonchev–Trinajstić information content (AvgIpc) is 1.86. The van der Waals surface area contributed by atoms with Crippen LogP contribution in [-0.2, 0) is 14.9 Å². The van der Waals surface area contributed by atoms with Gasteiger partial charge in [0.15, 0.2) is 0 Å². The smallest absolute Gasteiger partial charge is 0.329 e. The van der Waals surface area contributed by atoms with Crippen LogP contribution in [0.3, 0.4) is 0 Å². The molecule has 0 aliphatic carbocycles. The number of carbonyl (C=O) groups is 1. The van der Waals surface area contributed by atoms with Crippen molar-refractivity contribution in [2.24, 2.45) is 0 Å². The van der Waals surface area contributed by atoms with Crippen molar-refractivity contribution in [3.05, 3.63) is 0 Å². The van der Waals surface area contributed by atoms with Crippen LogP contribution in [0.2, 0.25) is 0 Å². The average molecular weight is 202 g/mol. The summed E-state index contributed by atoms with van der Waals surface area (Å²) < 4.78 is 27.1. The highest BCUT2D eigenvalue weighted by Gasteiger charge is 1.99. The van der Waals surface area contributed by atoms with Gasteiger partial charge in [0.05, 0.1) is 12.4 Å². The highest BCUT2D eigenvalue weighted by molar-refractivity contribution is 7.85. The molecule has 12 heavy (non-hydrogen) atoms. The Labute approximate surface area is 69.0 Å². The number of hydrogen-bond acceptors (Lipinski definition) is 5. The first-order chi connectivity index (χ1) is 5.33. The Bertz CT molecular complexity index is 205. The summed E-state index contributed by atoms with van der Waals surface area (Å²) in [4.78, 5) is 9.12. The first-order valence-electron chi connectivity index (χ1n) is 2.72. The van der Waals surface area contributed by atoms with Crippen molar-refractivity contribution in [1.29, 1.82) is 0 Å². The van der Waals surface area contributed by atoms with Crippen molar-refractivity contribution in [2.45, 2.75) is 0 Å². The second-order valence-corrected chi connectivity index (χ2v) is 3.13. The molecule has 8 heteroatoms. The molecule has 0 aromatic rings. The SMILES string of the molecule is O=C(O)CO.O=S(=O)(O)CCO. The molecule has 0 bridgehead atoms. The lowest BCUT2D eigenvalue weighted by Gasteiger charge is -1.85. The third-order valence-corrected chi connectivity index (χ3v) is 1.18. The van der Waals surface area contributed by atoms with Crippen molar-refractivity contribution < 1.29 is 33.1 Å². The molecule has 0 atom stereocenters. The molecule has 0 saturated heterocycles. The summed E-state index contributed by atoms with van der Waals surface area (Å²) in [6.45, 7) is -1.31. The van der Waals surface area contributed by atoms with Crippen LogP contribution in [-0.4, -0.2) is 53.2 Å². The Morgan fingerprint density at radius 3 is 1.58 bits per heavy atom. The van der Waals surface area contributed by atoms with Crippen molar-refractivity contribution in [2.75, 3.05) is 19.0 Å². The first-order valence-corrected chi connectivity index (χ1v) is 4.33. The second-order valence-electron chi connectivity index (χ2n) is 1.56. The fourth-order valence-corrected chi connectivity index (χ4v) is 0.346. The van der Waals surface area contributed by atoms with Crippen molar-refractivity contribution >= 4 is 16.1 Å². The van der Waals surface area contributed by atoms with E-state index in [1.54, 1.807) is 0 Å². The lowest BCUT2D eigenvalue weighted by Crippen LogP contribution is -2.06. The molecule has 0 saturated carbocycles. The maximum Gasteiger partial charge on any atom is 0.329 e. The molecule has 7 nitrogen and oxygen atoms in total. The number of carboxylic acid groups (broad SMARTS) is 1. The summed E-state index contributed by atoms with van der Waals surface area (Å²) in [6.07, 6.45) is 0. The van der Waals surface area contributed by atoms with E-state index in [2.05, 4.69) is 0 Å². The Morgan fingerprint density at radius 2 is 1.58 bits per heavy atom. The molecular weight excluding hydrogens is 192 g/mol. The number of aliphatic hydroxyl groups excluding tert-OH is 2. The van der Waals surface area contributed by atoms with Gasteiger partial charge in [0.1, 0.15) is 6.61 Å². The van der Waals surface area contributed by atoms with Crippen LogP contribution in [0.4, 0.5) is 0 Å². The zero-order valence-electron chi connectivity index (χ0n) is 6.04. The highest BCUT2D eigenvalue weighted by Crippen LogP contribution is 1.75. The largest absolute Gasteiger partial charge is 0.480 e. The van der Waals surface area contributed by atoms with E-state index >= 15 is 0 Å². The number of aliphatic hydroxyl groups is 2. The second kappa shape index (κ2) is 6.98. The molecule has 0 radical (unpaired) electrons. The molecule has 4 N–H and O–H groups in total. The van der Waals surface area contributed by atoms with Gasteiger partial charge in [0.25, 0.3) is 10.1 Å². The molecule has 0 aliphatic heterocycles. The standard InChI is InChI=1S/C2H6O4S.C2H4O3/c3-1-2-7(4,5)6;3-1-2(4)5/h3H,1-2H2,(H,4,5,6);3H,1H2,(H,4,5). The fourth-order valence-electron chi connectivity index (χ4n) is 0.115. The van der Waals surface area contributed by atoms with Gasteiger partial charge in [-0.2, -0.15) is 8.42 Å². The van der Waals surface area contributed by atoms with Gasteiger partial charge in [-0.05, 0) is 0 Å². The van der Waals surface area contributed by atoms with E-state index in [1.807, 2.05) is 0 Å². The molecular formula is C4H10O7S. The van der Waals surface area contributed by atoms with Gasteiger partial charge in [0, 0.05) is 0 Å². The number of rotatable bonds is 3. The van der Waals surface area contributed by atoms with Crippen LogP contribution in [0.1, 0.15) is 0 Å². The summed E-state index contributed by atoms with van der Waals surface area (Å²) in [5.74, 6) is -1.77. The molecule has 74 valence electrons. The summed E-state index contributed by atoms with van der Waals surface area (Å²) in [7, 11) is -3.92. The normalized spacial score (nSPS) is 9.92. The van der Waals surface area contributed by atoms with Gasteiger partial charge in [-0.3, -0.25) is 4.55 Å². The van der Waals surface area contributed by atoms with Gasteiger partial charge in [0.2, 0.25) is 0 Å². The minimum atomic E-state index is -3.92. The topological polar surface area (TPSA) is 132 Å². The van der Waals surface area contributed by atoms with E-state index in [0.29, 0.717) is 0 Å². The number of aliphatic carboxylic acids is 1. The lowest BCUT2D eigenvalue weighted by atomic mass is 10.8.